The molecule has 2 aromatic heterocycles. The quantitative estimate of drug-likeness (QED) is 0.583. The van der Waals surface area contributed by atoms with Gasteiger partial charge in [-0.3, -0.25) is 5.10 Å². The van der Waals surface area contributed by atoms with Crippen molar-refractivity contribution >= 4 is 21.8 Å². The fourth-order valence-corrected chi connectivity index (χ4v) is 1.84. The van der Waals surface area contributed by atoms with Crippen LogP contribution in [0, 0.1) is 6.92 Å². The topological polar surface area (TPSA) is 61.8 Å². The Balaban J connectivity index is 2.61. The Labute approximate surface area is 85.6 Å². The predicted molar refractivity (Wildman–Crippen MR) is 57.8 cm³/mol. The molecule has 0 atom stereocenters. The zero-order chi connectivity index (χ0) is 10.4. The van der Waals surface area contributed by atoms with Crippen molar-refractivity contribution in [3.63, 3.8) is 0 Å². The highest BCUT2D eigenvalue weighted by atomic mass is 16.3. The Morgan fingerprint density at radius 2 is 2.20 bits per heavy atom. The summed E-state index contributed by atoms with van der Waals surface area (Å²) in [5, 5.41) is 19.4. The van der Waals surface area contributed by atoms with E-state index >= 15 is 0 Å². The van der Waals surface area contributed by atoms with Gasteiger partial charge in [-0.05, 0) is 30.5 Å². The molecule has 0 saturated heterocycles. The van der Waals surface area contributed by atoms with E-state index in [2.05, 4.69) is 15.2 Å². The summed E-state index contributed by atoms with van der Waals surface area (Å²) in [6.45, 7) is 1.92. The maximum Gasteiger partial charge on any atom is 0.155 e. The lowest BCUT2D eigenvalue weighted by atomic mass is 10.1. The summed E-state index contributed by atoms with van der Waals surface area (Å²) < 4.78 is 0. The first-order valence-corrected chi connectivity index (χ1v) is 4.68. The van der Waals surface area contributed by atoms with E-state index in [0.29, 0.717) is 0 Å². The van der Waals surface area contributed by atoms with Crippen LogP contribution in [0.1, 0.15) is 5.69 Å². The highest BCUT2D eigenvalue weighted by molar-refractivity contribution is 6.05. The molecule has 74 valence electrons. The van der Waals surface area contributed by atoms with E-state index in [1.807, 2.05) is 13.0 Å². The summed E-state index contributed by atoms with van der Waals surface area (Å²) in [6, 6.07) is 5.25. The highest BCUT2D eigenvalue weighted by Gasteiger charge is 2.07. The van der Waals surface area contributed by atoms with Crippen LogP contribution in [0.5, 0.6) is 5.75 Å². The van der Waals surface area contributed by atoms with Crippen molar-refractivity contribution in [3.05, 3.63) is 30.1 Å². The lowest BCUT2D eigenvalue weighted by Gasteiger charge is -1.99. The number of phenols is 1. The number of aryl methyl sites for hydroxylation is 1. The number of pyridine rings is 1. The fourth-order valence-electron chi connectivity index (χ4n) is 1.84. The molecule has 0 bridgehead atoms. The van der Waals surface area contributed by atoms with Gasteiger partial charge in [0.25, 0.3) is 0 Å². The van der Waals surface area contributed by atoms with E-state index in [0.717, 1.165) is 27.5 Å². The van der Waals surface area contributed by atoms with Crippen LogP contribution in [0.2, 0.25) is 0 Å². The summed E-state index contributed by atoms with van der Waals surface area (Å²) in [6.07, 6.45) is 1.77. The first-order valence-electron chi connectivity index (χ1n) is 4.68. The number of benzene rings is 1. The molecule has 0 aliphatic carbocycles. The number of fused-ring (bicyclic) bond motifs is 3. The summed E-state index contributed by atoms with van der Waals surface area (Å²) in [4.78, 5) is 4.26. The van der Waals surface area contributed by atoms with Crippen molar-refractivity contribution in [1.82, 2.24) is 15.2 Å². The Morgan fingerprint density at radius 1 is 1.33 bits per heavy atom. The van der Waals surface area contributed by atoms with E-state index < -0.39 is 0 Å². The zero-order valence-corrected chi connectivity index (χ0v) is 8.15. The SMILES string of the molecule is Cc1n[nH]c2ncc3ccc(O)cc3c12. The van der Waals surface area contributed by atoms with Gasteiger partial charge in [0.05, 0.1) is 5.69 Å². The molecule has 0 saturated carbocycles. The number of aromatic hydroxyl groups is 1. The van der Waals surface area contributed by atoms with Gasteiger partial charge < -0.3 is 5.11 Å². The Morgan fingerprint density at radius 3 is 3.07 bits per heavy atom. The van der Waals surface area contributed by atoms with Gasteiger partial charge in [0.15, 0.2) is 5.65 Å². The van der Waals surface area contributed by atoms with E-state index in [9.17, 15) is 5.11 Å². The minimum absolute atomic E-state index is 0.260. The number of hydrogen-bond acceptors (Lipinski definition) is 3. The Kier molecular flexibility index (Phi) is 1.48. The highest BCUT2D eigenvalue weighted by Crippen LogP contribution is 2.27. The molecule has 0 amide bonds. The number of rotatable bonds is 0. The standard InChI is InChI=1S/C11H9N3O/c1-6-10-9-4-8(15)3-2-7(9)5-12-11(10)14-13-6/h2-5,15H,1H3,(H,12,13,14). The Hall–Kier alpha value is -2.10. The van der Waals surface area contributed by atoms with Crippen LogP contribution in [0.4, 0.5) is 0 Å². The number of nitrogens with one attached hydrogen (secondary N) is 1. The monoisotopic (exact) mass is 199 g/mol. The lowest BCUT2D eigenvalue weighted by molar-refractivity contribution is 0.476. The van der Waals surface area contributed by atoms with Crippen molar-refractivity contribution in [2.24, 2.45) is 0 Å². The summed E-state index contributed by atoms with van der Waals surface area (Å²) >= 11 is 0. The number of aromatic nitrogens is 3. The van der Waals surface area contributed by atoms with E-state index in [1.165, 1.54) is 0 Å². The molecule has 0 aliphatic rings. The van der Waals surface area contributed by atoms with Crippen LogP contribution in [0.25, 0.3) is 21.8 Å². The number of nitrogens with zero attached hydrogens (tertiary/aromatic N) is 2. The third-order valence-corrected chi connectivity index (χ3v) is 2.57. The minimum atomic E-state index is 0.260. The van der Waals surface area contributed by atoms with Crippen molar-refractivity contribution < 1.29 is 5.11 Å². The number of phenolic OH excluding ortho intramolecular Hbond substituents is 1. The number of H-pyrrole nitrogens is 1. The second-order valence-electron chi connectivity index (χ2n) is 3.56. The molecule has 3 rings (SSSR count). The minimum Gasteiger partial charge on any atom is -0.508 e. The molecule has 0 unspecified atom stereocenters. The smallest absolute Gasteiger partial charge is 0.155 e. The molecule has 4 nitrogen and oxygen atoms in total. The first-order chi connectivity index (χ1) is 7.25. The van der Waals surface area contributed by atoms with Gasteiger partial charge in [0.1, 0.15) is 5.75 Å². The van der Waals surface area contributed by atoms with Gasteiger partial charge in [-0.25, -0.2) is 4.98 Å². The molecule has 3 aromatic rings. The summed E-state index contributed by atoms with van der Waals surface area (Å²) in [5.41, 5.74) is 1.65. The molecular formula is C11H9N3O. The molecule has 4 heteroatoms. The van der Waals surface area contributed by atoms with E-state index in [1.54, 1.807) is 18.3 Å². The number of hydrogen-bond donors (Lipinski definition) is 2. The molecular weight excluding hydrogens is 190 g/mol. The van der Waals surface area contributed by atoms with Gasteiger partial charge >= 0.3 is 0 Å². The zero-order valence-electron chi connectivity index (χ0n) is 8.15. The number of aromatic amines is 1. The van der Waals surface area contributed by atoms with Crippen molar-refractivity contribution in [2.75, 3.05) is 0 Å². The maximum atomic E-state index is 9.47. The third-order valence-electron chi connectivity index (χ3n) is 2.57. The average Bonchev–Trinajstić information content (AvgIpc) is 2.60. The Bertz CT molecular complexity index is 657. The van der Waals surface area contributed by atoms with Crippen molar-refractivity contribution in [1.29, 1.82) is 0 Å². The second-order valence-corrected chi connectivity index (χ2v) is 3.56. The molecule has 0 aliphatic heterocycles. The largest absolute Gasteiger partial charge is 0.508 e. The summed E-state index contributed by atoms with van der Waals surface area (Å²) in [7, 11) is 0. The second kappa shape index (κ2) is 2.70. The van der Waals surface area contributed by atoms with Crippen LogP contribution in [-0.2, 0) is 0 Å². The van der Waals surface area contributed by atoms with Crippen molar-refractivity contribution in [2.45, 2.75) is 6.92 Å². The van der Waals surface area contributed by atoms with Gasteiger partial charge in [0, 0.05) is 17.0 Å². The average molecular weight is 199 g/mol. The first kappa shape index (κ1) is 8.23. The van der Waals surface area contributed by atoms with Gasteiger partial charge in [-0.1, -0.05) is 0 Å². The fraction of sp³-hybridized carbons (Fsp3) is 0.0909. The van der Waals surface area contributed by atoms with Crippen LogP contribution in [-0.4, -0.2) is 20.3 Å². The molecule has 0 fully saturated rings. The van der Waals surface area contributed by atoms with Crippen LogP contribution < -0.4 is 0 Å². The van der Waals surface area contributed by atoms with E-state index in [-0.39, 0.29) is 5.75 Å². The van der Waals surface area contributed by atoms with Gasteiger partial charge in [0.2, 0.25) is 0 Å². The van der Waals surface area contributed by atoms with Gasteiger partial charge in [-0.2, -0.15) is 5.10 Å². The molecule has 1 aromatic carbocycles. The molecule has 2 N–H and O–H groups in total. The third kappa shape index (κ3) is 1.08. The van der Waals surface area contributed by atoms with Gasteiger partial charge in [-0.15, -0.1) is 0 Å². The predicted octanol–water partition coefficient (Wildman–Crippen LogP) is 2.13. The molecule has 0 spiro atoms. The van der Waals surface area contributed by atoms with E-state index in [4.69, 9.17) is 0 Å². The van der Waals surface area contributed by atoms with Crippen LogP contribution in [0.3, 0.4) is 0 Å². The molecule has 2 heterocycles. The maximum absolute atomic E-state index is 9.47. The lowest BCUT2D eigenvalue weighted by Crippen LogP contribution is -1.80. The van der Waals surface area contributed by atoms with Crippen LogP contribution in [0.15, 0.2) is 24.4 Å². The molecule has 0 radical (unpaired) electrons. The summed E-state index contributed by atoms with van der Waals surface area (Å²) in [5.74, 6) is 0.260. The van der Waals surface area contributed by atoms with Crippen molar-refractivity contribution in [3.8, 4) is 5.75 Å². The van der Waals surface area contributed by atoms with Crippen LogP contribution >= 0.6 is 0 Å². The normalized spacial score (nSPS) is 11.3. The molecule has 15 heavy (non-hydrogen) atoms.